The molecule has 0 fully saturated rings. The molecule has 0 aliphatic heterocycles. The van der Waals surface area contributed by atoms with Crippen LogP contribution in [0.1, 0.15) is 22.9 Å². The maximum absolute atomic E-state index is 12.6. The molecule has 2 N–H and O–H groups in total. The van der Waals surface area contributed by atoms with Gasteiger partial charge < -0.3 is 10.2 Å². The summed E-state index contributed by atoms with van der Waals surface area (Å²) in [6.07, 6.45) is -2.74. The summed E-state index contributed by atoms with van der Waals surface area (Å²) in [7, 11) is 1.86. The molecule has 0 saturated carbocycles. The fourth-order valence-electron chi connectivity index (χ4n) is 2.22. The smallest absolute Gasteiger partial charge is 0.416 e. The van der Waals surface area contributed by atoms with Crippen LogP contribution in [-0.2, 0) is 12.7 Å². The molecule has 1 heterocycles. The molecule has 1 aromatic heterocycles. The summed E-state index contributed by atoms with van der Waals surface area (Å²) in [5, 5.41) is 0. The first-order chi connectivity index (χ1) is 9.91. The van der Waals surface area contributed by atoms with E-state index in [9.17, 15) is 13.2 Å². The number of nitrogens with zero attached hydrogens (tertiary/aromatic N) is 1. The Labute approximate surface area is 121 Å². The third-order valence-electron chi connectivity index (χ3n) is 3.36. The molecule has 21 heavy (non-hydrogen) atoms. The maximum atomic E-state index is 12.6. The lowest BCUT2D eigenvalue weighted by molar-refractivity contribution is -0.137. The molecule has 0 aliphatic rings. The second-order valence-electron chi connectivity index (χ2n) is 4.87. The van der Waals surface area contributed by atoms with Crippen LogP contribution in [0.4, 0.5) is 13.2 Å². The van der Waals surface area contributed by atoms with E-state index in [-0.39, 0.29) is 6.04 Å². The van der Waals surface area contributed by atoms with Crippen molar-refractivity contribution in [2.75, 3.05) is 13.6 Å². The highest BCUT2D eigenvalue weighted by molar-refractivity contribution is 5.27. The fraction of sp³-hybridized carbons (Fsp3) is 0.333. The maximum Gasteiger partial charge on any atom is 0.416 e. The summed E-state index contributed by atoms with van der Waals surface area (Å²) in [6, 6.07) is 8.57. The quantitative estimate of drug-likeness (QED) is 0.919. The van der Waals surface area contributed by atoms with Crippen LogP contribution in [0.3, 0.4) is 0 Å². The Balaban J connectivity index is 2.13. The Bertz CT molecular complexity index is 549. The van der Waals surface area contributed by atoms with Crippen molar-refractivity contribution in [3.63, 3.8) is 0 Å². The van der Waals surface area contributed by atoms with Gasteiger partial charge in [0, 0.05) is 12.6 Å². The van der Waals surface area contributed by atoms with Gasteiger partial charge >= 0.3 is 6.18 Å². The summed E-state index contributed by atoms with van der Waals surface area (Å²) in [4.78, 5) is 1.95. The van der Waals surface area contributed by atoms with Gasteiger partial charge in [-0.15, -0.1) is 0 Å². The van der Waals surface area contributed by atoms with Crippen molar-refractivity contribution in [1.29, 1.82) is 0 Å². The monoisotopic (exact) mass is 298 g/mol. The third-order valence-corrected chi connectivity index (χ3v) is 3.36. The van der Waals surface area contributed by atoms with Crippen molar-refractivity contribution in [2.24, 2.45) is 5.73 Å². The van der Waals surface area contributed by atoms with E-state index in [2.05, 4.69) is 0 Å². The molecule has 114 valence electrons. The molecule has 1 unspecified atom stereocenters. The number of halogens is 3. The first kappa shape index (κ1) is 15.6. The molecule has 1 atom stereocenters. The first-order valence-electron chi connectivity index (χ1n) is 6.51. The second kappa shape index (κ2) is 6.32. The van der Waals surface area contributed by atoms with E-state index in [0.717, 1.165) is 23.5 Å². The molecule has 0 radical (unpaired) electrons. The molecule has 0 saturated heterocycles. The number of hydrogen-bond acceptors (Lipinski definition) is 3. The van der Waals surface area contributed by atoms with Gasteiger partial charge in [-0.05, 0) is 36.9 Å². The van der Waals surface area contributed by atoms with Crippen molar-refractivity contribution in [2.45, 2.75) is 18.8 Å². The summed E-state index contributed by atoms with van der Waals surface area (Å²) in [5.74, 6) is 0.780. The Hall–Kier alpha value is -1.79. The highest BCUT2D eigenvalue weighted by Crippen LogP contribution is 2.30. The van der Waals surface area contributed by atoms with E-state index in [4.69, 9.17) is 10.2 Å². The van der Waals surface area contributed by atoms with Gasteiger partial charge in [-0.1, -0.05) is 12.1 Å². The van der Waals surface area contributed by atoms with Crippen molar-refractivity contribution < 1.29 is 17.6 Å². The number of likely N-dealkylation sites (N-methyl/N-ethyl adjacent to an activating group) is 1. The molecule has 1 aromatic carbocycles. The van der Waals surface area contributed by atoms with Crippen LogP contribution in [0.15, 0.2) is 47.1 Å². The predicted molar refractivity (Wildman–Crippen MR) is 73.4 cm³/mol. The average Bonchev–Trinajstić information content (AvgIpc) is 2.92. The van der Waals surface area contributed by atoms with Gasteiger partial charge in [0.05, 0.1) is 18.4 Å². The zero-order valence-corrected chi connectivity index (χ0v) is 11.6. The minimum atomic E-state index is -4.32. The standard InChI is InChI=1S/C15H17F3N2O/c1-20(10-13-3-2-8-21-13)14(9-19)11-4-6-12(7-5-11)15(16,17)18/h2-8,14H,9-10,19H2,1H3. The minimum Gasteiger partial charge on any atom is -0.468 e. The first-order valence-corrected chi connectivity index (χ1v) is 6.51. The molecule has 0 aliphatic carbocycles. The number of rotatable bonds is 5. The van der Waals surface area contributed by atoms with E-state index in [1.165, 1.54) is 12.1 Å². The van der Waals surface area contributed by atoms with Crippen LogP contribution in [0.2, 0.25) is 0 Å². The predicted octanol–water partition coefficient (Wildman–Crippen LogP) is 3.43. The summed E-state index contributed by atoms with van der Waals surface area (Å²) in [6.45, 7) is 0.846. The Kier molecular flexibility index (Phi) is 4.69. The largest absolute Gasteiger partial charge is 0.468 e. The summed E-state index contributed by atoms with van der Waals surface area (Å²) < 4.78 is 43.0. The second-order valence-corrected chi connectivity index (χ2v) is 4.87. The highest BCUT2D eigenvalue weighted by atomic mass is 19.4. The minimum absolute atomic E-state index is 0.169. The number of furan rings is 1. The summed E-state index contributed by atoms with van der Waals surface area (Å²) in [5.41, 5.74) is 5.86. The molecule has 2 rings (SSSR count). The number of hydrogen-bond donors (Lipinski definition) is 1. The van der Waals surface area contributed by atoms with Gasteiger partial charge in [0.2, 0.25) is 0 Å². The van der Waals surface area contributed by atoms with E-state index in [0.29, 0.717) is 13.1 Å². The molecule has 0 spiro atoms. The van der Waals surface area contributed by atoms with E-state index < -0.39 is 11.7 Å². The normalized spacial score (nSPS) is 13.6. The number of benzene rings is 1. The zero-order chi connectivity index (χ0) is 15.5. The number of nitrogens with two attached hydrogens (primary N) is 1. The molecular formula is C15H17F3N2O. The van der Waals surface area contributed by atoms with Crippen LogP contribution in [0.25, 0.3) is 0 Å². The van der Waals surface area contributed by atoms with Crippen molar-refractivity contribution >= 4 is 0 Å². The molecule has 6 heteroatoms. The van der Waals surface area contributed by atoms with Gasteiger partial charge in [0.25, 0.3) is 0 Å². The number of alkyl halides is 3. The SMILES string of the molecule is CN(Cc1ccco1)C(CN)c1ccc(C(F)(F)F)cc1. The van der Waals surface area contributed by atoms with Crippen molar-refractivity contribution in [1.82, 2.24) is 4.90 Å². The molecule has 0 bridgehead atoms. The van der Waals surface area contributed by atoms with E-state index in [1.54, 1.807) is 12.3 Å². The van der Waals surface area contributed by atoms with Crippen molar-refractivity contribution in [3.8, 4) is 0 Å². The van der Waals surface area contributed by atoms with Gasteiger partial charge in [0.15, 0.2) is 0 Å². The van der Waals surface area contributed by atoms with Gasteiger partial charge in [0.1, 0.15) is 5.76 Å². The average molecular weight is 298 g/mol. The third kappa shape index (κ3) is 3.86. The summed E-state index contributed by atoms with van der Waals surface area (Å²) >= 11 is 0. The van der Waals surface area contributed by atoms with Gasteiger partial charge in [-0.25, -0.2) is 0 Å². The van der Waals surface area contributed by atoms with Gasteiger partial charge in [-0.3, -0.25) is 4.90 Å². The van der Waals surface area contributed by atoms with Crippen LogP contribution in [0.5, 0.6) is 0 Å². The van der Waals surface area contributed by atoms with E-state index >= 15 is 0 Å². The molecule has 0 amide bonds. The van der Waals surface area contributed by atoms with Crippen LogP contribution in [-0.4, -0.2) is 18.5 Å². The molecular weight excluding hydrogens is 281 g/mol. The molecule has 2 aromatic rings. The van der Waals surface area contributed by atoms with Crippen LogP contribution < -0.4 is 5.73 Å². The fourth-order valence-corrected chi connectivity index (χ4v) is 2.22. The van der Waals surface area contributed by atoms with E-state index in [1.807, 2.05) is 18.0 Å². The van der Waals surface area contributed by atoms with Crippen molar-refractivity contribution in [3.05, 3.63) is 59.5 Å². The zero-order valence-electron chi connectivity index (χ0n) is 11.6. The highest BCUT2D eigenvalue weighted by Gasteiger charge is 2.30. The Morgan fingerprint density at radius 1 is 1.19 bits per heavy atom. The lowest BCUT2D eigenvalue weighted by Gasteiger charge is -2.26. The topological polar surface area (TPSA) is 42.4 Å². The molecule has 3 nitrogen and oxygen atoms in total. The Morgan fingerprint density at radius 2 is 1.86 bits per heavy atom. The Morgan fingerprint density at radius 3 is 2.33 bits per heavy atom. The van der Waals surface area contributed by atoms with Gasteiger partial charge in [-0.2, -0.15) is 13.2 Å². The lowest BCUT2D eigenvalue weighted by atomic mass is 10.0. The lowest BCUT2D eigenvalue weighted by Crippen LogP contribution is -2.30. The van der Waals surface area contributed by atoms with Crippen LogP contribution in [0, 0.1) is 0 Å². The van der Waals surface area contributed by atoms with Crippen LogP contribution >= 0.6 is 0 Å².